The van der Waals surface area contributed by atoms with Crippen LogP contribution in [0.15, 0.2) is 6.20 Å². The number of carbonyl (C=O) groups is 1. The van der Waals surface area contributed by atoms with Crippen molar-refractivity contribution < 1.29 is 4.79 Å². The standard InChI is InChI=1S/C11H18ClN5O/c1-4-17(5-2)10(18)7(3)15-9-8(13)6-14-11(12)16-9/h6-7H,4-5,13H2,1-3H3,(H,14,15,16). The molecule has 0 aliphatic rings. The van der Waals surface area contributed by atoms with Crippen LogP contribution in [0.3, 0.4) is 0 Å². The normalized spacial score (nSPS) is 12.0. The predicted molar refractivity (Wildman–Crippen MR) is 72.5 cm³/mol. The highest BCUT2D eigenvalue weighted by atomic mass is 35.5. The molecule has 1 heterocycles. The van der Waals surface area contributed by atoms with Crippen molar-refractivity contribution in [1.29, 1.82) is 0 Å². The van der Waals surface area contributed by atoms with E-state index < -0.39 is 6.04 Å². The van der Waals surface area contributed by atoms with Crippen LogP contribution < -0.4 is 11.1 Å². The Morgan fingerprint density at radius 3 is 2.72 bits per heavy atom. The summed E-state index contributed by atoms with van der Waals surface area (Å²) >= 11 is 5.68. The van der Waals surface area contributed by atoms with Crippen molar-refractivity contribution in [3.63, 3.8) is 0 Å². The highest BCUT2D eigenvalue weighted by molar-refractivity contribution is 6.28. The third kappa shape index (κ3) is 3.46. The quantitative estimate of drug-likeness (QED) is 0.791. The van der Waals surface area contributed by atoms with Gasteiger partial charge in [-0.25, -0.2) is 4.98 Å². The number of anilines is 2. The topological polar surface area (TPSA) is 84.1 Å². The molecule has 0 saturated carbocycles. The van der Waals surface area contributed by atoms with Gasteiger partial charge in [0.2, 0.25) is 11.2 Å². The molecule has 1 unspecified atom stereocenters. The summed E-state index contributed by atoms with van der Waals surface area (Å²) in [6.07, 6.45) is 1.41. The molecule has 1 amide bonds. The molecule has 1 atom stereocenters. The second kappa shape index (κ2) is 6.39. The van der Waals surface area contributed by atoms with Crippen LogP contribution in [0.4, 0.5) is 11.5 Å². The smallest absolute Gasteiger partial charge is 0.244 e. The summed E-state index contributed by atoms with van der Waals surface area (Å²) in [6.45, 7) is 6.97. The zero-order valence-electron chi connectivity index (χ0n) is 10.8. The van der Waals surface area contributed by atoms with Crippen LogP contribution >= 0.6 is 11.6 Å². The number of hydrogen-bond donors (Lipinski definition) is 2. The van der Waals surface area contributed by atoms with Gasteiger partial charge in [0, 0.05) is 13.1 Å². The van der Waals surface area contributed by atoms with Crippen molar-refractivity contribution in [2.24, 2.45) is 0 Å². The summed E-state index contributed by atoms with van der Waals surface area (Å²) in [4.78, 5) is 21.5. The van der Waals surface area contributed by atoms with Gasteiger partial charge < -0.3 is 16.0 Å². The molecule has 0 spiro atoms. The Hall–Kier alpha value is -1.56. The monoisotopic (exact) mass is 271 g/mol. The Kier molecular flexibility index (Phi) is 5.15. The highest BCUT2D eigenvalue weighted by Crippen LogP contribution is 2.17. The average molecular weight is 272 g/mol. The van der Waals surface area contributed by atoms with Gasteiger partial charge in [-0.1, -0.05) is 0 Å². The minimum absolute atomic E-state index is 0.00543. The average Bonchev–Trinajstić information content (AvgIpc) is 2.35. The molecule has 1 aromatic heterocycles. The molecule has 0 radical (unpaired) electrons. The van der Waals surface area contributed by atoms with Crippen LogP contribution in [0.2, 0.25) is 5.28 Å². The summed E-state index contributed by atoms with van der Waals surface area (Å²) < 4.78 is 0. The molecular formula is C11H18ClN5O. The number of hydrogen-bond acceptors (Lipinski definition) is 5. The van der Waals surface area contributed by atoms with Gasteiger partial charge in [0.25, 0.3) is 0 Å². The fraction of sp³-hybridized carbons (Fsp3) is 0.545. The highest BCUT2D eigenvalue weighted by Gasteiger charge is 2.19. The van der Waals surface area contributed by atoms with Crippen LogP contribution in [-0.2, 0) is 4.79 Å². The minimum Gasteiger partial charge on any atom is -0.394 e. The van der Waals surface area contributed by atoms with Crippen molar-refractivity contribution >= 4 is 29.0 Å². The van der Waals surface area contributed by atoms with Gasteiger partial charge in [-0.2, -0.15) is 4.98 Å². The Labute approximate surface area is 112 Å². The maximum Gasteiger partial charge on any atom is 0.244 e. The second-order valence-corrected chi connectivity index (χ2v) is 4.16. The lowest BCUT2D eigenvalue weighted by Gasteiger charge is -2.24. The Bertz CT molecular complexity index is 422. The number of halogens is 1. The van der Waals surface area contributed by atoms with E-state index in [1.807, 2.05) is 13.8 Å². The van der Waals surface area contributed by atoms with Crippen molar-refractivity contribution in [1.82, 2.24) is 14.9 Å². The van der Waals surface area contributed by atoms with Gasteiger partial charge in [0.05, 0.1) is 11.9 Å². The fourth-order valence-electron chi connectivity index (χ4n) is 1.56. The number of nitrogens with zero attached hydrogens (tertiary/aromatic N) is 3. The third-order valence-corrected chi connectivity index (χ3v) is 2.77. The van der Waals surface area contributed by atoms with Crippen molar-refractivity contribution in [2.45, 2.75) is 26.8 Å². The molecule has 18 heavy (non-hydrogen) atoms. The number of rotatable bonds is 5. The molecular weight excluding hydrogens is 254 g/mol. The van der Waals surface area contributed by atoms with Crippen molar-refractivity contribution in [2.75, 3.05) is 24.1 Å². The molecule has 3 N–H and O–H groups in total. The molecule has 1 rings (SSSR count). The predicted octanol–water partition coefficient (Wildman–Crippen LogP) is 1.38. The van der Waals surface area contributed by atoms with Gasteiger partial charge in [-0.05, 0) is 32.4 Å². The van der Waals surface area contributed by atoms with E-state index in [4.69, 9.17) is 17.3 Å². The Balaban J connectivity index is 2.77. The summed E-state index contributed by atoms with van der Waals surface area (Å²) in [5, 5.41) is 3.04. The van der Waals surface area contributed by atoms with E-state index in [9.17, 15) is 4.79 Å². The van der Waals surface area contributed by atoms with Gasteiger partial charge in [-0.3, -0.25) is 4.79 Å². The number of amides is 1. The zero-order valence-corrected chi connectivity index (χ0v) is 11.5. The van der Waals surface area contributed by atoms with Crippen LogP contribution in [0, 0.1) is 0 Å². The third-order valence-electron chi connectivity index (χ3n) is 2.59. The molecule has 0 fully saturated rings. The Morgan fingerprint density at radius 1 is 1.56 bits per heavy atom. The zero-order chi connectivity index (χ0) is 13.7. The molecule has 0 aliphatic carbocycles. The molecule has 6 nitrogen and oxygen atoms in total. The number of carbonyl (C=O) groups excluding carboxylic acids is 1. The summed E-state index contributed by atoms with van der Waals surface area (Å²) in [7, 11) is 0. The minimum atomic E-state index is -0.418. The van der Waals surface area contributed by atoms with E-state index >= 15 is 0 Å². The van der Waals surface area contributed by atoms with Crippen LogP contribution in [0.25, 0.3) is 0 Å². The first-order valence-electron chi connectivity index (χ1n) is 5.82. The maximum atomic E-state index is 12.1. The van der Waals surface area contributed by atoms with Crippen molar-refractivity contribution in [3.05, 3.63) is 11.5 Å². The summed E-state index contributed by atoms with van der Waals surface area (Å²) in [5.41, 5.74) is 6.07. The molecule has 0 aromatic carbocycles. The van der Waals surface area contributed by atoms with E-state index in [0.717, 1.165) is 0 Å². The van der Waals surface area contributed by atoms with E-state index in [1.54, 1.807) is 11.8 Å². The molecule has 1 aromatic rings. The Morgan fingerprint density at radius 2 is 2.17 bits per heavy atom. The van der Waals surface area contributed by atoms with E-state index in [0.29, 0.717) is 24.6 Å². The van der Waals surface area contributed by atoms with Gasteiger partial charge in [-0.15, -0.1) is 0 Å². The van der Waals surface area contributed by atoms with Gasteiger partial charge >= 0.3 is 0 Å². The molecule has 0 aliphatic heterocycles. The summed E-state index contributed by atoms with van der Waals surface area (Å²) in [6, 6.07) is -0.418. The number of nitrogen functional groups attached to an aromatic ring is 1. The van der Waals surface area contributed by atoms with Crippen LogP contribution in [-0.4, -0.2) is 39.9 Å². The lowest BCUT2D eigenvalue weighted by molar-refractivity contribution is -0.131. The molecule has 0 saturated heterocycles. The summed E-state index contributed by atoms with van der Waals surface area (Å²) in [5.74, 6) is 0.372. The fourth-order valence-corrected chi connectivity index (χ4v) is 1.69. The molecule has 7 heteroatoms. The first-order chi connectivity index (χ1) is 8.49. The number of likely N-dealkylation sites (N-methyl/N-ethyl adjacent to an activating group) is 1. The van der Waals surface area contributed by atoms with E-state index in [2.05, 4.69) is 15.3 Å². The van der Waals surface area contributed by atoms with Crippen LogP contribution in [0.1, 0.15) is 20.8 Å². The van der Waals surface area contributed by atoms with Crippen molar-refractivity contribution in [3.8, 4) is 0 Å². The number of nitrogens with one attached hydrogen (secondary N) is 1. The SMILES string of the molecule is CCN(CC)C(=O)C(C)Nc1nc(Cl)ncc1N. The van der Waals surface area contributed by atoms with Gasteiger partial charge in [0.1, 0.15) is 6.04 Å². The molecule has 0 bridgehead atoms. The van der Waals surface area contributed by atoms with E-state index in [-0.39, 0.29) is 11.2 Å². The maximum absolute atomic E-state index is 12.1. The number of aromatic nitrogens is 2. The lowest BCUT2D eigenvalue weighted by Crippen LogP contribution is -2.41. The van der Waals surface area contributed by atoms with Crippen LogP contribution in [0.5, 0.6) is 0 Å². The second-order valence-electron chi connectivity index (χ2n) is 3.82. The lowest BCUT2D eigenvalue weighted by atomic mass is 10.2. The molecule has 100 valence electrons. The van der Waals surface area contributed by atoms with E-state index in [1.165, 1.54) is 6.20 Å². The largest absolute Gasteiger partial charge is 0.394 e. The first kappa shape index (κ1) is 14.5. The number of nitrogens with two attached hydrogens (primary N) is 1. The van der Waals surface area contributed by atoms with Gasteiger partial charge in [0.15, 0.2) is 5.82 Å². The first-order valence-corrected chi connectivity index (χ1v) is 6.20.